The van der Waals surface area contributed by atoms with Crippen LogP contribution in [0, 0.1) is 15.5 Å². The van der Waals surface area contributed by atoms with Gasteiger partial charge in [-0.2, -0.15) is 0 Å². The first kappa shape index (κ1) is 13.8. The molecule has 19 heavy (non-hydrogen) atoms. The molecule has 0 saturated heterocycles. The average molecular weight is 262 g/mol. The minimum absolute atomic E-state index is 0.146. The molecule has 104 valence electrons. The van der Waals surface area contributed by atoms with Gasteiger partial charge in [-0.15, -0.1) is 0 Å². The molecular weight excluding hydrogens is 240 g/mol. The monoisotopic (exact) mass is 262 g/mol. The van der Waals surface area contributed by atoms with Gasteiger partial charge in [0.05, 0.1) is 4.92 Å². The van der Waals surface area contributed by atoms with Crippen molar-refractivity contribution in [3.63, 3.8) is 0 Å². The van der Waals surface area contributed by atoms with Gasteiger partial charge in [0.2, 0.25) is 0 Å². The topological polar surface area (TPSA) is 55.2 Å². The summed E-state index contributed by atoms with van der Waals surface area (Å²) in [5, 5.41) is 14.1. The van der Waals surface area contributed by atoms with Crippen LogP contribution < -0.4 is 5.32 Å². The van der Waals surface area contributed by atoms with Gasteiger partial charge in [-0.3, -0.25) is 10.1 Å². The third-order valence-electron chi connectivity index (χ3n) is 4.02. The van der Waals surface area contributed by atoms with Crippen molar-refractivity contribution in [1.29, 1.82) is 0 Å². The van der Waals surface area contributed by atoms with E-state index in [4.69, 9.17) is 0 Å². The molecule has 0 spiro atoms. The van der Waals surface area contributed by atoms with E-state index in [9.17, 15) is 10.1 Å². The molecule has 1 fully saturated rings. The van der Waals surface area contributed by atoms with Gasteiger partial charge >= 0.3 is 0 Å². The van der Waals surface area contributed by atoms with Crippen LogP contribution in [-0.4, -0.2) is 11.0 Å². The standard InChI is InChI=1S/C15H22N2O2/c1-15(2)10-3-4-12(9-11-15)16-13-5-7-14(8-6-13)17(18)19/h5-8,12,16H,3-4,9-11H2,1-2H3. The van der Waals surface area contributed by atoms with Gasteiger partial charge < -0.3 is 5.32 Å². The Labute approximate surface area is 114 Å². The maximum absolute atomic E-state index is 10.6. The van der Waals surface area contributed by atoms with E-state index in [2.05, 4.69) is 19.2 Å². The van der Waals surface area contributed by atoms with E-state index in [-0.39, 0.29) is 10.6 Å². The Kier molecular flexibility index (Phi) is 4.08. The number of hydrogen-bond donors (Lipinski definition) is 1. The summed E-state index contributed by atoms with van der Waals surface area (Å²) in [6.45, 7) is 4.67. The van der Waals surface area contributed by atoms with E-state index < -0.39 is 0 Å². The van der Waals surface area contributed by atoms with Gasteiger partial charge in [-0.05, 0) is 43.2 Å². The Morgan fingerprint density at radius 2 is 1.89 bits per heavy atom. The average Bonchev–Trinajstić information content (AvgIpc) is 2.52. The molecule has 1 saturated carbocycles. The summed E-state index contributed by atoms with van der Waals surface area (Å²) in [4.78, 5) is 10.2. The fourth-order valence-electron chi connectivity index (χ4n) is 2.72. The van der Waals surface area contributed by atoms with Crippen molar-refractivity contribution in [2.45, 2.75) is 52.0 Å². The molecular formula is C15H22N2O2. The fourth-order valence-corrected chi connectivity index (χ4v) is 2.72. The summed E-state index contributed by atoms with van der Waals surface area (Å²) in [6.07, 6.45) is 6.12. The highest BCUT2D eigenvalue weighted by Crippen LogP contribution is 2.34. The molecule has 1 aromatic rings. The molecule has 1 aliphatic rings. The predicted molar refractivity (Wildman–Crippen MR) is 77.4 cm³/mol. The Morgan fingerprint density at radius 3 is 2.53 bits per heavy atom. The van der Waals surface area contributed by atoms with Crippen molar-refractivity contribution in [1.82, 2.24) is 0 Å². The lowest BCUT2D eigenvalue weighted by atomic mass is 9.85. The summed E-state index contributed by atoms with van der Waals surface area (Å²) in [7, 11) is 0. The molecule has 0 aromatic heterocycles. The van der Waals surface area contributed by atoms with Crippen LogP contribution in [0.3, 0.4) is 0 Å². The molecule has 0 radical (unpaired) electrons. The number of hydrogen-bond acceptors (Lipinski definition) is 3. The van der Waals surface area contributed by atoms with Crippen LogP contribution in [0.5, 0.6) is 0 Å². The summed E-state index contributed by atoms with van der Waals surface area (Å²) in [6, 6.07) is 7.21. The molecule has 0 heterocycles. The highest BCUT2D eigenvalue weighted by Gasteiger charge is 2.24. The Morgan fingerprint density at radius 1 is 1.21 bits per heavy atom. The Balaban J connectivity index is 1.95. The summed E-state index contributed by atoms with van der Waals surface area (Å²) in [5.74, 6) is 0. The van der Waals surface area contributed by atoms with E-state index in [0.717, 1.165) is 5.69 Å². The number of benzene rings is 1. The van der Waals surface area contributed by atoms with E-state index in [1.807, 2.05) is 0 Å². The summed E-state index contributed by atoms with van der Waals surface area (Å²) < 4.78 is 0. The molecule has 4 heteroatoms. The zero-order chi connectivity index (χ0) is 13.9. The van der Waals surface area contributed by atoms with Crippen LogP contribution >= 0.6 is 0 Å². The summed E-state index contributed by atoms with van der Waals surface area (Å²) >= 11 is 0. The third kappa shape index (κ3) is 3.94. The van der Waals surface area contributed by atoms with Gasteiger partial charge in [-0.25, -0.2) is 0 Å². The SMILES string of the molecule is CC1(C)CCCC(Nc2ccc([N+](=O)[O-])cc2)CC1. The number of anilines is 1. The number of non-ortho nitro benzene ring substituents is 1. The molecule has 1 aromatic carbocycles. The predicted octanol–water partition coefficient (Wildman–Crippen LogP) is 4.37. The van der Waals surface area contributed by atoms with E-state index in [0.29, 0.717) is 11.5 Å². The second kappa shape index (κ2) is 5.59. The van der Waals surface area contributed by atoms with Crippen LogP contribution in [0.2, 0.25) is 0 Å². The lowest BCUT2D eigenvalue weighted by Crippen LogP contribution is -2.19. The normalized spacial score (nSPS) is 22.5. The smallest absolute Gasteiger partial charge is 0.269 e. The first-order valence-electron chi connectivity index (χ1n) is 6.97. The van der Waals surface area contributed by atoms with E-state index in [1.54, 1.807) is 24.3 Å². The first-order valence-corrected chi connectivity index (χ1v) is 6.97. The molecule has 4 nitrogen and oxygen atoms in total. The minimum Gasteiger partial charge on any atom is -0.382 e. The molecule has 1 aliphatic carbocycles. The maximum Gasteiger partial charge on any atom is 0.269 e. The molecule has 0 aliphatic heterocycles. The lowest BCUT2D eigenvalue weighted by Gasteiger charge is -2.22. The van der Waals surface area contributed by atoms with Crippen LogP contribution in [0.1, 0.15) is 46.0 Å². The Hall–Kier alpha value is -1.58. The van der Waals surface area contributed by atoms with Crippen LogP contribution in [-0.2, 0) is 0 Å². The van der Waals surface area contributed by atoms with E-state index >= 15 is 0 Å². The molecule has 1 atom stereocenters. The third-order valence-corrected chi connectivity index (χ3v) is 4.02. The zero-order valence-corrected chi connectivity index (χ0v) is 11.7. The molecule has 1 N–H and O–H groups in total. The molecule has 0 amide bonds. The number of nitrogens with zero attached hydrogens (tertiary/aromatic N) is 1. The van der Waals surface area contributed by atoms with Crippen molar-refractivity contribution < 1.29 is 4.92 Å². The number of nitrogens with one attached hydrogen (secondary N) is 1. The first-order chi connectivity index (χ1) is 8.96. The second-order valence-corrected chi connectivity index (χ2v) is 6.24. The van der Waals surface area contributed by atoms with Gasteiger partial charge in [-0.1, -0.05) is 20.3 Å². The highest BCUT2D eigenvalue weighted by atomic mass is 16.6. The molecule has 0 bridgehead atoms. The summed E-state index contributed by atoms with van der Waals surface area (Å²) in [5.41, 5.74) is 1.58. The lowest BCUT2D eigenvalue weighted by molar-refractivity contribution is -0.384. The zero-order valence-electron chi connectivity index (χ0n) is 11.7. The van der Waals surface area contributed by atoms with Crippen molar-refractivity contribution in [3.05, 3.63) is 34.4 Å². The van der Waals surface area contributed by atoms with Crippen molar-refractivity contribution >= 4 is 11.4 Å². The van der Waals surface area contributed by atoms with Gasteiger partial charge in [0.15, 0.2) is 0 Å². The number of nitro benzene ring substituents is 1. The number of rotatable bonds is 3. The second-order valence-electron chi connectivity index (χ2n) is 6.24. The van der Waals surface area contributed by atoms with Crippen molar-refractivity contribution in [3.8, 4) is 0 Å². The quantitative estimate of drug-likeness (QED) is 0.500. The van der Waals surface area contributed by atoms with Crippen molar-refractivity contribution in [2.75, 3.05) is 5.32 Å². The van der Waals surface area contributed by atoms with Gasteiger partial charge in [0.25, 0.3) is 5.69 Å². The number of nitro groups is 1. The minimum atomic E-state index is -0.363. The Bertz CT molecular complexity index is 440. The fraction of sp³-hybridized carbons (Fsp3) is 0.600. The van der Waals surface area contributed by atoms with Gasteiger partial charge in [0, 0.05) is 23.9 Å². The van der Waals surface area contributed by atoms with Crippen molar-refractivity contribution in [2.24, 2.45) is 5.41 Å². The van der Waals surface area contributed by atoms with Crippen LogP contribution in [0.25, 0.3) is 0 Å². The molecule has 2 rings (SSSR count). The maximum atomic E-state index is 10.6. The largest absolute Gasteiger partial charge is 0.382 e. The van der Waals surface area contributed by atoms with E-state index in [1.165, 1.54) is 32.1 Å². The molecule has 1 unspecified atom stereocenters. The van der Waals surface area contributed by atoms with Gasteiger partial charge in [0.1, 0.15) is 0 Å². The van der Waals surface area contributed by atoms with Crippen LogP contribution in [0.15, 0.2) is 24.3 Å². The highest BCUT2D eigenvalue weighted by molar-refractivity contribution is 5.49. The van der Waals surface area contributed by atoms with Crippen LogP contribution in [0.4, 0.5) is 11.4 Å².